The lowest BCUT2D eigenvalue weighted by Gasteiger charge is -2.07. The zero-order chi connectivity index (χ0) is 10.7. The zero-order valence-electron chi connectivity index (χ0n) is 7.54. The molecule has 0 saturated heterocycles. The van der Waals surface area contributed by atoms with Crippen molar-refractivity contribution in [3.63, 3.8) is 0 Å². The molecular weight excluding hydrogens is 209 g/mol. The molecule has 1 rings (SSSR count). The van der Waals surface area contributed by atoms with Crippen molar-refractivity contribution >= 4 is 17.3 Å². The summed E-state index contributed by atoms with van der Waals surface area (Å²) < 4.78 is 12.4. The van der Waals surface area contributed by atoms with Crippen molar-refractivity contribution in [2.24, 2.45) is 0 Å². The Morgan fingerprint density at radius 1 is 1.64 bits per heavy atom. The van der Waals surface area contributed by atoms with E-state index in [9.17, 15) is 14.5 Å². The summed E-state index contributed by atoms with van der Waals surface area (Å²) in [6.45, 7) is 0.944. The van der Waals surface area contributed by atoms with Gasteiger partial charge in [-0.3, -0.25) is 14.5 Å². The fraction of sp³-hybridized carbons (Fsp3) is 0.333. The third kappa shape index (κ3) is 2.20. The summed E-state index contributed by atoms with van der Waals surface area (Å²) in [6.07, 6.45) is 0. The van der Waals surface area contributed by atoms with Gasteiger partial charge in [-0.1, -0.05) is 18.5 Å². The van der Waals surface area contributed by atoms with Crippen LogP contribution in [0.25, 0.3) is 0 Å². The van der Waals surface area contributed by atoms with Crippen molar-refractivity contribution in [1.82, 2.24) is 0 Å². The first-order valence-corrected chi connectivity index (χ1v) is 4.44. The van der Waals surface area contributed by atoms with Crippen LogP contribution in [0.15, 0.2) is 18.2 Å². The highest BCUT2D eigenvalue weighted by Crippen LogP contribution is 2.29. The van der Waals surface area contributed by atoms with Gasteiger partial charge in [0.2, 0.25) is 0 Å². The van der Waals surface area contributed by atoms with Crippen LogP contribution in [0.3, 0.4) is 0 Å². The summed E-state index contributed by atoms with van der Waals surface area (Å²) in [5.41, 5.74) is 0.254. The Bertz CT molecular complexity index is 357. The standard InChI is InChI=1S/C9H9ClFNO2/c1-6(5-11)8-4-7(10)2-3-9(8)12(13)14/h2-4,6H,5H2,1H3. The molecule has 14 heavy (non-hydrogen) atoms. The van der Waals surface area contributed by atoms with Gasteiger partial charge in [-0.2, -0.15) is 0 Å². The molecule has 0 aliphatic rings. The predicted molar refractivity (Wildman–Crippen MR) is 52.5 cm³/mol. The summed E-state index contributed by atoms with van der Waals surface area (Å²) in [5.74, 6) is -0.505. The molecule has 1 unspecified atom stereocenters. The van der Waals surface area contributed by atoms with Crippen molar-refractivity contribution in [2.45, 2.75) is 12.8 Å². The molecule has 0 fully saturated rings. The van der Waals surface area contributed by atoms with Gasteiger partial charge in [-0.25, -0.2) is 0 Å². The van der Waals surface area contributed by atoms with Crippen LogP contribution in [0.4, 0.5) is 10.1 Å². The predicted octanol–water partition coefficient (Wildman–Crippen LogP) is 3.32. The van der Waals surface area contributed by atoms with Gasteiger partial charge in [-0.05, 0) is 12.1 Å². The lowest BCUT2D eigenvalue weighted by Crippen LogP contribution is -2.01. The van der Waals surface area contributed by atoms with Gasteiger partial charge in [0.1, 0.15) is 0 Å². The van der Waals surface area contributed by atoms with Crippen molar-refractivity contribution in [1.29, 1.82) is 0 Å². The number of nitro groups is 1. The van der Waals surface area contributed by atoms with Crippen LogP contribution in [0.1, 0.15) is 18.4 Å². The summed E-state index contributed by atoms with van der Waals surface area (Å²) in [7, 11) is 0. The number of benzene rings is 1. The first-order valence-electron chi connectivity index (χ1n) is 4.06. The van der Waals surface area contributed by atoms with Crippen molar-refractivity contribution in [3.05, 3.63) is 38.9 Å². The Kier molecular flexibility index (Phi) is 3.41. The maximum Gasteiger partial charge on any atom is 0.273 e. The maximum atomic E-state index is 12.4. The molecule has 0 saturated carbocycles. The van der Waals surface area contributed by atoms with E-state index >= 15 is 0 Å². The molecule has 1 aromatic rings. The SMILES string of the molecule is CC(CF)c1cc(Cl)ccc1[N+](=O)[O-]. The molecule has 0 amide bonds. The number of nitrogens with zero attached hydrogens (tertiary/aromatic N) is 1. The molecule has 1 atom stereocenters. The summed E-state index contributed by atoms with van der Waals surface area (Å²) >= 11 is 5.68. The zero-order valence-corrected chi connectivity index (χ0v) is 8.29. The molecule has 0 bridgehead atoms. The largest absolute Gasteiger partial charge is 0.273 e. The summed E-state index contributed by atoms with van der Waals surface area (Å²) in [4.78, 5) is 10.1. The van der Waals surface area contributed by atoms with E-state index < -0.39 is 17.5 Å². The molecular formula is C9H9ClFNO2. The first kappa shape index (κ1) is 10.9. The molecule has 0 aliphatic carbocycles. The quantitative estimate of drug-likeness (QED) is 0.576. The minimum Gasteiger partial charge on any atom is -0.258 e. The summed E-state index contributed by atoms with van der Waals surface area (Å²) in [6, 6.07) is 4.15. The Morgan fingerprint density at radius 3 is 2.79 bits per heavy atom. The van der Waals surface area contributed by atoms with E-state index in [2.05, 4.69) is 0 Å². The van der Waals surface area contributed by atoms with Crippen molar-refractivity contribution in [2.75, 3.05) is 6.67 Å². The second-order valence-electron chi connectivity index (χ2n) is 3.02. The molecule has 0 aromatic heterocycles. The Balaban J connectivity index is 3.22. The van der Waals surface area contributed by atoms with Crippen molar-refractivity contribution < 1.29 is 9.31 Å². The lowest BCUT2D eigenvalue weighted by molar-refractivity contribution is -0.385. The smallest absolute Gasteiger partial charge is 0.258 e. The highest BCUT2D eigenvalue weighted by Gasteiger charge is 2.18. The van der Waals surface area contributed by atoms with Gasteiger partial charge in [0.15, 0.2) is 0 Å². The number of nitro benzene ring substituents is 1. The number of hydrogen-bond donors (Lipinski definition) is 0. The fourth-order valence-corrected chi connectivity index (χ4v) is 1.35. The van der Waals surface area contributed by atoms with Crippen LogP contribution >= 0.6 is 11.6 Å². The van der Waals surface area contributed by atoms with Gasteiger partial charge in [-0.15, -0.1) is 0 Å². The molecule has 76 valence electrons. The molecule has 0 heterocycles. The summed E-state index contributed by atoms with van der Waals surface area (Å²) in [5, 5.41) is 11.0. The highest BCUT2D eigenvalue weighted by molar-refractivity contribution is 6.30. The topological polar surface area (TPSA) is 43.1 Å². The Hall–Kier alpha value is -1.16. The minimum atomic E-state index is -0.638. The van der Waals surface area contributed by atoms with E-state index in [4.69, 9.17) is 11.6 Å². The molecule has 0 radical (unpaired) electrons. The molecule has 5 heteroatoms. The van der Waals surface area contributed by atoms with Gasteiger partial charge in [0.05, 0.1) is 11.6 Å². The van der Waals surface area contributed by atoms with E-state index in [1.54, 1.807) is 6.92 Å². The molecule has 0 N–H and O–H groups in total. The van der Waals surface area contributed by atoms with E-state index in [0.29, 0.717) is 10.6 Å². The Morgan fingerprint density at radius 2 is 2.29 bits per heavy atom. The maximum absolute atomic E-state index is 12.4. The highest BCUT2D eigenvalue weighted by atomic mass is 35.5. The van der Waals surface area contributed by atoms with E-state index in [0.717, 1.165) is 0 Å². The normalized spacial score (nSPS) is 12.5. The second kappa shape index (κ2) is 4.37. The monoisotopic (exact) mass is 217 g/mol. The average molecular weight is 218 g/mol. The van der Waals surface area contributed by atoms with Crippen LogP contribution in [-0.2, 0) is 0 Å². The number of hydrogen-bond acceptors (Lipinski definition) is 2. The van der Waals surface area contributed by atoms with Crippen molar-refractivity contribution in [3.8, 4) is 0 Å². The van der Waals surface area contributed by atoms with E-state index in [1.807, 2.05) is 0 Å². The second-order valence-corrected chi connectivity index (χ2v) is 3.45. The van der Waals surface area contributed by atoms with Crippen LogP contribution in [-0.4, -0.2) is 11.6 Å². The van der Waals surface area contributed by atoms with E-state index in [-0.39, 0.29) is 5.69 Å². The molecule has 0 spiro atoms. The van der Waals surface area contributed by atoms with Gasteiger partial charge in [0.25, 0.3) is 5.69 Å². The average Bonchev–Trinajstić information content (AvgIpc) is 2.16. The van der Waals surface area contributed by atoms with Crippen LogP contribution in [0, 0.1) is 10.1 Å². The van der Waals surface area contributed by atoms with Crippen LogP contribution in [0.2, 0.25) is 5.02 Å². The third-order valence-electron chi connectivity index (χ3n) is 1.95. The molecule has 3 nitrogen and oxygen atoms in total. The molecule has 1 aromatic carbocycles. The molecule has 0 aliphatic heterocycles. The first-order chi connectivity index (χ1) is 6.56. The van der Waals surface area contributed by atoms with E-state index in [1.165, 1.54) is 18.2 Å². The Labute approximate surface area is 85.6 Å². The van der Waals surface area contributed by atoms with Gasteiger partial charge < -0.3 is 0 Å². The number of rotatable bonds is 3. The third-order valence-corrected chi connectivity index (χ3v) is 2.18. The van der Waals surface area contributed by atoms with Crippen LogP contribution < -0.4 is 0 Å². The van der Waals surface area contributed by atoms with Gasteiger partial charge in [0, 0.05) is 22.6 Å². The number of halogens is 2. The number of alkyl halides is 1. The fourth-order valence-electron chi connectivity index (χ4n) is 1.17. The van der Waals surface area contributed by atoms with Gasteiger partial charge >= 0.3 is 0 Å². The minimum absolute atomic E-state index is 0.0837. The van der Waals surface area contributed by atoms with Crippen LogP contribution in [0.5, 0.6) is 0 Å². The lowest BCUT2D eigenvalue weighted by atomic mass is 10.0.